The maximum absolute atomic E-state index is 11.1. The summed E-state index contributed by atoms with van der Waals surface area (Å²) in [6.45, 7) is 7.94. The van der Waals surface area contributed by atoms with Gasteiger partial charge >= 0.3 is 5.97 Å². The van der Waals surface area contributed by atoms with Gasteiger partial charge in [0.25, 0.3) is 0 Å². The van der Waals surface area contributed by atoms with Crippen LogP contribution in [0.2, 0.25) is 0 Å². The monoisotopic (exact) mass is 263 g/mol. The molecule has 1 fully saturated rings. The Labute approximate surface area is 113 Å². The molecule has 1 aliphatic heterocycles. The zero-order valence-corrected chi connectivity index (χ0v) is 11.7. The van der Waals surface area contributed by atoms with E-state index >= 15 is 0 Å². The van der Waals surface area contributed by atoms with E-state index in [0.29, 0.717) is 12.3 Å². The molecule has 4 heteroatoms. The summed E-state index contributed by atoms with van der Waals surface area (Å²) in [7, 11) is 0. The van der Waals surface area contributed by atoms with Crippen LogP contribution in [-0.2, 0) is 11.3 Å². The topological polar surface area (TPSA) is 60.8 Å². The van der Waals surface area contributed by atoms with Crippen molar-refractivity contribution in [2.45, 2.75) is 27.3 Å². The molecule has 1 aliphatic rings. The van der Waals surface area contributed by atoms with Crippen molar-refractivity contribution in [2.24, 2.45) is 11.8 Å². The van der Waals surface area contributed by atoms with E-state index in [4.69, 9.17) is 5.11 Å². The molecule has 1 saturated heterocycles. The number of phenolic OH excluding ortho intramolecular Hbond substituents is 1. The zero-order chi connectivity index (χ0) is 14.2. The minimum atomic E-state index is -0.701. The standard InChI is InChI=1S/C15H21NO3/c1-9-4-12(5-10(2)14(9)17)7-16-6-11(3)13(8-16)15(18)19/h4-5,11,13,17H,6-8H2,1-3H3,(H,18,19)/t11-,13-/m1/s1. The number of nitrogens with zero attached hydrogens (tertiary/aromatic N) is 1. The van der Waals surface area contributed by atoms with E-state index in [1.807, 2.05) is 32.9 Å². The second-order valence-electron chi connectivity index (χ2n) is 5.69. The van der Waals surface area contributed by atoms with E-state index < -0.39 is 5.97 Å². The maximum Gasteiger partial charge on any atom is 0.308 e. The van der Waals surface area contributed by atoms with Crippen LogP contribution in [0.1, 0.15) is 23.6 Å². The average Bonchev–Trinajstić information content (AvgIpc) is 2.67. The molecule has 0 radical (unpaired) electrons. The normalized spacial score (nSPS) is 23.7. The van der Waals surface area contributed by atoms with Crippen LogP contribution in [-0.4, -0.2) is 34.2 Å². The summed E-state index contributed by atoms with van der Waals surface area (Å²) in [6.07, 6.45) is 0. The Morgan fingerprint density at radius 3 is 2.37 bits per heavy atom. The van der Waals surface area contributed by atoms with E-state index in [2.05, 4.69) is 4.90 Å². The smallest absolute Gasteiger partial charge is 0.308 e. The van der Waals surface area contributed by atoms with Gasteiger partial charge in [0.2, 0.25) is 0 Å². The molecular weight excluding hydrogens is 242 g/mol. The van der Waals surface area contributed by atoms with Gasteiger partial charge in [-0.25, -0.2) is 0 Å². The summed E-state index contributed by atoms with van der Waals surface area (Å²) in [5.41, 5.74) is 2.88. The molecule has 0 aromatic heterocycles. The number of hydrogen-bond donors (Lipinski definition) is 2. The lowest BCUT2D eigenvalue weighted by Gasteiger charge is -2.16. The van der Waals surface area contributed by atoms with Crippen molar-refractivity contribution in [1.29, 1.82) is 0 Å². The number of carbonyl (C=O) groups is 1. The second kappa shape index (κ2) is 5.21. The van der Waals surface area contributed by atoms with Crippen LogP contribution in [0.5, 0.6) is 5.75 Å². The molecule has 19 heavy (non-hydrogen) atoms. The summed E-state index contributed by atoms with van der Waals surface area (Å²) in [5.74, 6) is -0.425. The van der Waals surface area contributed by atoms with Crippen LogP contribution in [0.4, 0.5) is 0 Å². The van der Waals surface area contributed by atoms with Crippen molar-refractivity contribution in [2.75, 3.05) is 13.1 Å². The molecule has 1 aromatic rings. The Bertz CT molecular complexity index is 475. The number of aryl methyl sites for hydroxylation is 2. The zero-order valence-electron chi connectivity index (χ0n) is 11.7. The molecule has 0 saturated carbocycles. The minimum absolute atomic E-state index is 0.191. The van der Waals surface area contributed by atoms with Crippen molar-refractivity contribution in [3.8, 4) is 5.75 Å². The Morgan fingerprint density at radius 1 is 1.32 bits per heavy atom. The number of benzene rings is 1. The van der Waals surface area contributed by atoms with Gasteiger partial charge in [-0.05, 0) is 36.5 Å². The molecule has 104 valence electrons. The van der Waals surface area contributed by atoms with Gasteiger partial charge < -0.3 is 10.2 Å². The third-order valence-electron chi connectivity index (χ3n) is 3.96. The van der Waals surface area contributed by atoms with E-state index in [1.165, 1.54) is 0 Å². The van der Waals surface area contributed by atoms with Crippen molar-refractivity contribution < 1.29 is 15.0 Å². The van der Waals surface area contributed by atoms with Crippen molar-refractivity contribution in [1.82, 2.24) is 4.90 Å². The fourth-order valence-corrected chi connectivity index (χ4v) is 2.91. The second-order valence-corrected chi connectivity index (χ2v) is 5.69. The van der Waals surface area contributed by atoms with Crippen LogP contribution in [0.25, 0.3) is 0 Å². The Hall–Kier alpha value is -1.55. The largest absolute Gasteiger partial charge is 0.507 e. The minimum Gasteiger partial charge on any atom is -0.507 e. The quantitative estimate of drug-likeness (QED) is 0.877. The summed E-state index contributed by atoms with van der Waals surface area (Å²) in [5, 5.41) is 18.9. The highest BCUT2D eigenvalue weighted by atomic mass is 16.4. The van der Waals surface area contributed by atoms with Gasteiger partial charge in [0.05, 0.1) is 5.92 Å². The van der Waals surface area contributed by atoms with Gasteiger partial charge in [0.15, 0.2) is 0 Å². The molecule has 1 heterocycles. The fourth-order valence-electron chi connectivity index (χ4n) is 2.91. The molecule has 1 aromatic carbocycles. The predicted octanol–water partition coefficient (Wildman–Crippen LogP) is 2.16. The molecular formula is C15H21NO3. The number of aliphatic carboxylic acids is 1. The van der Waals surface area contributed by atoms with Crippen LogP contribution in [0.15, 0.2) is 12.1 Å². The number of rotatable bonds is 3. The van der Waals surface area contributed by atoms with Crippen molar-refractivity contribution in [3.05, 3.63) is 28.8 Å². The van der Waals surface area contributed by atoms with E-state index in [-0.39, 0.29) is 11.8 Å². The highest BCUT2D eigenvalue weighted by Gasteiger charge is 2.34. The van der Waals surface area contributed by atoms with E-state index in [1.54, 1.807) is 0 Å². The van der Waals surface area contributed by atoms with Gasteiger partial charge in [-0.2, -0.15) is 0 Å². The molecule has 2 atom stereocenters. The fraction of sp³-hybridized carbons (Fsp3) is 0.533. The first-order valence-corrected chi connectivity index (χ1v) is 6.62. The van der Waals surface area contributed by atoms with Crippen molar-refractivity contribution in [3.63, 3.8) is 0 Å². The predicted molar refractivity (Wildman–Crippen MR) is 73.1 cm³/mol. The summed E-state index contributed by atoms with van der Waals surface area (Å²) >= 11 is 0. The number of hydrogen-bond acceptors (Lipinski definition) is 3. The molecule has 4 nitrogen and oxygen atoms in total. The number of carboxylic acid groups (broad SMARTS) is 1. The molecule has 2 rings (SSSR count). The van der Waals surface area contributed by atoms with Gasteiger partial charge in [0.1, 0.15) is 5.75 Å². The number of aromatic hydroxyl groups is 1. The Kier molecular flexibility index (Phi) is 3.80. The molecule has 2 N–H and O–H groups in total. The summed E-state index contributed by atoms with van der Waals surface area (Å²) in [6, 6.07) is 3.95. The third-order valence-corrected chi connectivity index (χ3v) is 3.96. The van der Waals surface area contributed by atoms with Gasteiger partial charge in [-0.15, -0.1) is 0 Å². The van der Waals surface area contributed by atoms with Crippen molar-refractivity contribution >= 4 is 5.97 Å². The molecule has 0 aliphatic carbocycles. The number of carboxylic acids is 1. The van der Waals surface area contributed by atoms with Crippen LogP contribution < -0.4 is 0 Å². The lowest BCUT2D eigenvalue weighted by molar-refractivity contribution is -0.142. The summed E-state index contributed by atoms with van der Waals surface area (Å²) in [4.78, 5) is 13.3. The van der Waals surface area contributed by atoms with Crippen LogP contribution >= 0.6 is 0 Å². The summed E-state index contributed by atoms with van der Waals surface area (Å²) < 4.78 is 0. The van der Waals surface area contributed by atoms with Crippen LogP contribution in [0, 0.1) is 25.7 Å². The van der Waals surface area contributed by atoms with Gasteiger partial charge in [-0.1, -0.05) is 19.1 Å². The Morgan fingerprint density at radius 2 is 1.89 bits per heavy atom. The lowest BCUT2D eigenvalue weighted by Crippen LogP contribution is -2.23. The molecule has 0 unspecified atom stereocenters. The highest BCUT2D eigenvalue weighted by molar-refractivity contribution is 5.71. The first-order valence-electron chi connectivity index (χ1n) is 6.62. The molecule has 0 bridgehead atoms. The van der Waals surface area contributed by atoms with Gasteiger partial charge in [0, 0.05) is 19.6 Å². The van der Waals surface area contributed by atoms with E-state index in [9.17, 15) is 9.90 Å². The average molecular weight is 263 g/mol. The maximum atomic E-state index is 11.1. The van der Waals surface area contributed by atoms with E-state index in [0.717, 1.165) is 29.8 Å². The number of phenols is 1. The first kappa shape index (κ1) is 13.9. The van der Waals surface area contributed by atoms with Crippen LogP contribution in [0.3, 0.4) is 0 Å². The van der Waals surface area contributed by atoms with Gasteiger partial charge in [-0.3, -0.25) is 9.69 Å². The first-order chi connectivity index (χ1) is 8.88. The number of likely N-dealkylation sites (tertiary alicyclic amines) is 1. The third kappa shape index (κ3) is 2.89. The molecule has 0 spiro atoms. The SMILES string of the molecule is Cc1cc(CN2C[C@@H](C)[C@H](C(=O)O)C2)cc(C)c1O. The highest BCUT2D eigenvalue weighted by Crippen LogP contribution is 2.27. The lowest BCUT2D eigenvalue weighted by atomic mass is 9.99. The Balaban J connectivity index is 2.09. The molecule has 0 amide bonds.